The number of anilines is 1. The number of benzene rings is 1. The predicted octanol–water partition coefficient (Wildman–Crippen LogP) is 5.77. The summed E-state index contributed by atoms with van der Waals surface area (Å²) in [6.45, 7) is 8.43. The van der Waals surface area contributed by atoms with E-state index in [1.807, 2.05) is 25.3 Å². The fourth-order valence-corrected chi connectivity index (χ4v) is 5.26. The molecule has 0 aliphatic heterocycles. The Kier molecular flexibility index (Phi) is 9.24. The summed E-state index contributed by atoms with van der Waals surface area (Å²) >= 11 is 14.8. The third-order valence-corrected chi connectivity index (χ3v) is 7.45. The molecule has 0 aliphatic carbocycles. The van der Waals surface area contributed by atoms with Crippen LogP contribution in [0.3, 0.4) is 0 Å². The van der Waals surface area contributed by atoms with Crippen molar-refractivity contribution in [3.63, 3.8) is 0 Å². The minimum absolute atomic E-state index is 0.0946. The van der Waals surface area contributed by atoms with Gasteiger partial charge < -0.3 is 19.4 Å². The Morgan fingerprint density at radius 3 is 2.68 bits per heavy atom. The number of hydrogen-bond donors (Lipinski definition) is 1. The lowest BCUT2D eigenvalue weighted by molar-refractivity contribution is -0.113. The van der Waals surface area contributed by atoms with Crippen LogP contribution in [0.25, 0.3) is 0 Å². The van der Waals surface area contributed by atoms with Gasteiger partial charge in [-0.05, 0) is 45.4 Å². The fraction of sp³-hybridized carbons (Fsp3) is 0.364. The molecular formula is C22H24Cl2N4O4S2. The van der Waals surface area contributed by atoms with Gasteiger partial charge >= 0.3 is 5.97 Å². The van der Waals surface area contributed by atoms with E-state index in [-0.39, 0.29) is 24.9 Å². The molecule has 1 aromatic carbocycles. The molecule has 0 saturated carbocycles. The number of aromatic nitrogens is 3. The number of carbonyl (C=O) groups excluding carboxylic acids is 2. The Morgan fingerprint density at radius 2 is 1.97 bits per heavy atom. The van der Waals surface area contributed by atoms with Crippen molar-refractivity contribution in [2.45, 2.75) is 46.0 Å². The number of esters is 1. The molecule has 0 bridgehead atoms. The predicted molar refractivity (Wildman–Crippen MR) is 136 cm³/mol. The normalized spacial score (nSPS) is 10.9. The number of aryl methyl sites for hydroxylation is 1. The number of thioether (sulfide) groups is 1. The summed E-state index contributed by atoms with van der Waals surface area (Å²) in [5.74, 6) is 0.438. The summed E-state index contributed by atoms with van der Waals surface area (Å²) in [6.07, 6.45) is 0. The highest BCUT2D eigenvalue weighted by Gasteiger charge is 2.22. The van der Waals surface area contributed by atoms with Crippen LogP contribution >= 0.6 is 46.3 Å². The molecule has 0 unspecified atom stereocenters. The van der Waals surface area contributed by atoms with Crippen molar-refractivity contribution < 1.29 is 19.1 Å². The number of rotatable bonds is 10. The van der Waals surface area contributed by atoms with Crippen molar-refractivity contribution in [1.29, 1.82) is 0 Å². The molecule has 34 heavy (non-hydrogen) atoms. The van der Waals surface area contributed by atoms with Gasteiger partial charge in [0.25, 0.3) is 0 Å². The average molecular weight is 543 g/mol. The van der Waals surface area contributed by atoms with E-state index in [1.165, 1.54) is 23.1 Å². The first-order valence-corrected chi connectivity index (χ1v) is 13.0. The molecule has 0 fully saturated rings. The van der Waals surface area contributed by atoms with E-state index >= 15 is 0 Å². The number of hydrogen-bond acceptors (Lipinski definition) is 8. The van der Waals surface area contributed by atoms with Gasteiger partial charge in [-0.15, -0.1) is 21.5 Å². The summed E-state index contributed by atoms with van der Waals surface area (Å²) in [5.41, 5.74) is 1.21. The standard InChI is InChI=1S/C22H24Cl2N4O4S2/c1-5-28-17(10-32-16-9-14(23)7-8-15(16)24)26-27-22(28)33-11-18(29)25-20-19(21(30)31-6-2)12(3)13(4)34-20/h7-9H,5-6,10-11H2,1-4H3,(H,25,29). The zero-order valence-electron chi connectivity index (χ0n) is 19.1. The summed E-state index contributed by atoms with van der Waals surface area (Å²) in [6, 6.07) is 4.97. The molecule has 3 rings (SSSR count). The van der Waals surface area contributed by atoms with Crippen LogP contribution in [0.5, 0.6) is 5.75 Å². The van der Waals surface area contributed by atoms with E-state index in [9.17, 15) is 9.59 Å². The van der Waals surface area contributed by atoms with Gasteiger partial charge in [-0.25, -0.2) is 4.79 Å². The third kappa shape index (κ3) is 6.24. The first-order chi connectivity index (χ1) is 16.2. The van der Waals surface area contributed by atoms with Crippen LogP contribution in [0.4, 0.5) is 5.00 Å². The van der Waals surface area contributed by atoms with Gasteiger partial charge in [0, 0.05) is 22.5 Å². The third-order valence-electron chi connectivity index (χ3n) is 4.81. The monoisotopic (exact) mass is 542 g/mol. The second kappa shape index (κ2) is 11.9. The largest absolute Gasteiger partial charge is 0.484 e. The minimum Gasteiger partial charge on any atom is -0.484 e. The van der Waals surface area contributed by atoms with Gasteiger partial charge in [0.2, 0.25) is 5.91 Å². The van der Waals surface area contributed by atoms with Crippen LogP contribution in [0, 0.1) is 13.8 Å². The van der Waals surface area contributed by atoms with Crippen molar-refractivity contribution in [2.24, 2.45) is 0 Å². The minimum atomic E-state index is -0.442. The summed E-state index contributed by atoms with van der Waals surface area (Å²) < 4.78 is 12.8. The highest BCUT2D eigenvalue weighted by molar-refractivity contribution is 7.99. The van der Waals surface area contributed by atoms with Crippen LogP contribution in [0.15, 0.2) is 23.4 Å². The van der Waals surface area contributed by atoms with Gasteiger partial charge in [-0.2, -0.15) is 0 Å². The Labute approximate surface area is 215 Å². The van der Waals surface area contributed by atoms with Crippen LogP contribution in [-0.4, -0.2) is 39.0 Å². The average Bonchev–Trinajstić information content (AvgIpc) is 3.32. The van der Waals surface area contributed by atoms with E-state index < -0.39 is 5.97 Å². The summed E-state index contributed by atoms with van der Waals surface area (Å²) in [7, 11) is 0. The number of amides is 1. The van der Waals surface area contributed by atoms with E-state index in [0.29, 0.717) is 43.9 Å². The fourth-order valence-electron chi connectivity index (χ4n) is 3.04. The van der Waals surface area contributed by atoms with E-state index in [2.05, 4.69) is 15.5 Å². The van der Waals surface area contributed by atoms with Crippen molar-refractivity contribution in [3.05, 3.63) is 50.1 Å². The highest BCUT2D eigenvalue weighted by atomic mass is 35.5. The molecule has 1 amide bonds. The maximum atomic E-state index is 12.6. The maximum absolute atomic E-state index is 12.6. The zero-order chi connectivity index (χ0) is 24.8. The Balaban J connectivity index is 1.64. The number of ether oxygens (including phenoxy) is 2. The van der Waals surface area contributed by atoms with Crippen molar-refractivity contribution >= 4 is 63.2 Å². The van der Waals surface area contributed by atoms with Crippen LogP contribution in [-0.2, 0) is 22.7 Å². The Bertz CT molecular complexity index is 1200. The number of nitrogens with one attached hydrogen (secondary N) is 1. The van der Waals surface area contributed by atoms with Gasteiger partial charge in [-0.3, -0.25) is 4.79 Å². The quantitative estimate of drug-likeness (QED) is 0.256. The van der Waals surface area contributed by atoms with Crippen molar-refractivity contribution in [3.8, 4) is 5.75 Å². The molecule has 0 atom stereocenters. The van der Waals surface area contributed by atoms with E-state index in [0.717, 1.165) is 10.4 Å². The molecule has 0 saturated heterocycles. The van der Waals surface area contributed by atoms with Gasteiger partial charge in [0.15, 0.2) is 11.0 Å². The zero-order valence-corrected chi connectivity index (χ0v) is 22.3. The van der Waals surface area contributed by atoms with Crippen LogP contribution in [0.2, 0.25) is 10.0 Å². The van der Waals surface area contributed by atoms with Crippen LogP contribution < -0.4 is 10.1 Å². The number of nitrogens with zero attached hydrogens (tertiary/aromatic N) is 3. The molecule has 2 heterocycles. The van der Waals surface area contributed by atoms with Crippen molar-refractivity contribution in [2.75, 3.05) is 17.7 Å². The van der Waals surface area contributed by atoms with Gasteiger partial charge in [0.1, 0.15) is 17.4 Å². The second-order valence-corrected chi connectivity index (χ2v) is 10.1. The van der Waals surface area contributed by atoms with E-state index in [1.54, 1.807) is 25.1 Å². The van der Waals surface area contributed by atoms with Gasteiger partial charge in [-0.1, -0.05) is 35.0 Å². The molecule has 0 aliphatic rings. The molecule has 8 nitrogen and oxygen atoms in total. The SMILES string of the molecule is CCOC(=O)c1c(NC(=O)CSc2nnc(COc3cc(Cl)ccc3Cl)n2CC)sc(C)c1C. The maximum Gasteiger partial charge on any atom is 0.341 e. The second-order valence-electron chi connectivity index (χ2n) is 7.05. The van der Waals surface area contributed by atoms with Crippen LogP contribution in [0.1, 0.15) is 40.5 Å². The molecule has 3 aromatic rings. The molecule has 2 aromatic heterocycles. The summed E-state index contributed by atoms with van der Waals surface area (Å²) in [5, 5.41) is 13.2. The molecule has 12 heteroatoms. The van der Waals surface area contributed by atoms with E-state index in [4.69, 9.17) is 32.7 Å². The first-order valence-electron chi connectivity index (χ1n) is 10.4. The Morgan fingerprint density at radius 1 is 1.21 bits per heavy atom. The number of thiophene rings is 1. The van der Waals surface area contributed by atoms with Crippen molar-refractivity contribution in [1.82, 2.24) is 14.8 Å². The topological polar surface area (TPSA) is 95.3 Å². The first kappa shape index (κ1) is 26.3. The smallest absolute Gasteiger partial charge is 0.341 e. The number of carbonyl (C=O) groups is 2. The molecule has 1 N–H and O–H groups in total. The highest BCUT2D eigenvalue weighted by Crippen LogP contribution is 2.33. The lowest BCUT2D eigenvalue weighted by Gasteiger charge is -2.10. The van der Waals surface area contributed by atoms with Gasteiger partial charge in [0.05, 0.1) is 22.9 Å². The number of halogens is 2. The lowest BCUT2D eigenvalue weighted by Crippen LogP contribution is -2.17. The molecule has 182 valence electrons. The molecular weight excluding hydrogens is 519 g/mol. The lowest BCUT2D eigenvalue weighted by atomic mass is 10.1. The molecule has 0 spiro atoms. The Hall–Kier alpha value is -2.27. The summed E-state index contributed by atoms with van der Waals surface area (Å²) in [4.78, 5) is 25.9. The molecule has 0 radical (unpaired) electrons.